The predicted octanol–water partition coefficient (Wildman–Crippen LogP) is 3.02. The van der Waals surface area contributed by atoms with Crippen molar-refractivity contribution < 1.29 is 8.42 Å². The fraction of sp³-hybridized carbons (Fsp3) is 0.625. The first kappa shape index (κ1) is 17.2. The van der Waals surface area contributed by atoms with Gasteiger partial charge in [-0.2, -0.15) is 0 Å². The summed E-state index contributed by atoms with van der Waals surface area (Å²) < 4.78 is 24.4. The number of sulfone groups is 1. The van der Waals surface area contributed by atoms with Gasteiger partial charge in [0.15, 0.2) is 9.84 Å². The summed E-state index contributed by atoms with van der Waals surface area (Å²) in [6.07, 6.45) is 0.728. The Kier molecular flexibility index (Phi) is 6.21. The van der Waals surface area contributed by atoms with Gasteiger partial charge in [-0.1, -0.05) is 37.6 Å². The first-order valence-electron chi connectivity index (χ1n) is 7.20. The first-order chi connectivity index (χ1) is 9.25. The van der Waals surface area contributed by atoms with E-state index in [2.05, 4.69) is 25.2 Å². The van der Waals surface area contributed by atoms with Gasteiger partial charge in [-0.05, 0) is 44.4 Å². The lowest BCUT2D eigenvalue weighted by atomic mass is 10.0. The molecule has 0 heterocycles. The molecule has 1 aromatic carbocycles. The summed E-state index contributed by atoms with van der Waals surface area (Å²) >= 11 is 0. The van der Waals surface area contributed by atoms with Crippen LogP contribution < -0.4 is 5.32 Å². The van der Waals surface area contributed by atoms with Gasteiger partial charge >= 0.3 is 0 Å². The largest absolute Gasteiger partial charge is 0.312 e. The van der Waals surface area contributed by atoms with Crippen molar-refractivity contribution in [2.45, 2.75) is 40.2 Å². The van der Waals surface area contributed by atoms with E-state index in [9.17, 15) is 8.42 Å². The Balaban J connectivity index is 2.86. The van der Waals surface area contributed by atoms with E-state index in [0.717, 1.165) is 17.5 Å². The van der Waals surface area contributed by atoms with Gasteiger partial charge in [0.05, 0.1) is 11.5 Å². The molecule has 0 spiro atoms. The Morgan fingerprint density at radius 1 is 1.20 bits per heavy atom. The molecule has 1 unspecified atom stereocenters. The number of rotatable bonds is 7. The average molecular weight is 297 g/mol. The summed E-state index contributed by atoms with van der Waals surface area (Å²) in [6, 6.07) is 6.03. The molecule has 0 radical (unpaired) electrons. The number of nitrogens with one attached hydrogen (secondary N) is 1. The molecule has 0 saturated heterocycles. The normalized spacial score (nSPS) is 13.7. The van der Waals surface area contributed by atoms with Crippen LogP contribution in [0.5, 0.6) is 0 Å². The minimum absolute atomic E-state index is 0.132. The Hall–Kier alpha value is -0.870. The Bertz CT molecular complexity index is 535. The number of benzene rings is 1. The molecule has 0 bridgehead atoms. The average Bonchev–Trinajstić information content (AvgIpc) is 2.34. The lowest BCUT2D eigenvalue weighted by Crippen LogP contribution is -2.27. The highest BCUT2D eigenvalue weighted by atomic mass is 32.2. The molecule has 1 rings (SSSR count). The Morgan fingerprint density at radius 3 is 2.35 bits per heavy atom. The zero-order valence-corrected chi connectivity index (χ0v) is 14.0. The summed E-state index contributed by atoms with van der Waals surface area (Å²) in [7, 11) is -1.20. The number of hydrogen-bond acceptors (Lipinski definition) is 3. The maximum absolute atomic E-state index is 12.2. The van der Waals surface area contributed by atoms with E-state index in [0.29, 0.717) is 5.92 Å². The highest BCUT2D eigenvalue weighted by Crippen LogP contribution is 2.21. The van der Waals surface area contributed by atoms with Crippen molar-refractivity contribution in [2.24, 2.45) is 5.92 Å². The van der Waals surface area contributed by atoms with Gasteiger partial charge in [0.1, 0.15) is 0 Å². The smallest absolute Gasteiger partial charge is 0.152 e. The summed E-state index contributed by atoms with van der Waals surface area (Å²) in [6.45, 7) is 8.18. The third-order valence-corrected chi connectivity index (χ3v) is 5.27. The first-order valence-corrected chi connectivity index (χ1v) is 9.02. The van der Waals surface area contributed by atoms with Crippen molar-refractivity contribution in [1.82, 2.24) is 5.32 Å². The molecular formula is C16H27NO2S. The standard InChI is InChI=1S/C16H27NO2S/c1-12(2)8-9-20(18,19)11-16(17-5)15-7-6-13(3)10-14(15)4/h6-7,10,12,16-17H,8-9,11H2,1-5H3. The molecule has 20 heavy (non-hydrogen) atoms. The highest BCUT2D eigenvalue weighted by molar-refractivity contribution is 7.91. The van der Waals surface area contributed by atoms with Crippen molar-refractivity contribution in [2.75, 3.05) is 18.6 Å². The van der Waals surface area contributed by atoms with Gasteiger partial charge in [0, 0.05) is 6.04 Å². The minimum atomic E-state index is -3.03. The van der Waals surface area contributed by atoms with Crippen LogP contribution >= 0.6 is 0 Å². The zero-order chi connectivity index (χ0) is 15.3. The second-order valence-corrected chi connectivity index (χ2v) is 8.23. The molecular weight excluding hydrogens is 270 g/mol. The van der Waals surface area contributed by atoms with Crippen LogP contribution in [0.4, 0.5) is 0 Å². The molecule has 0 saturated carbocycles. The summed E-state index contributed by atoms with van der Waals surface area (Å²) in [5.74, 6) is 0.854. The van der Waals surface area contributed by atoms with Crippen LogP contribution in [-0.4, -0.2) is 27.0 Å². The Labute approximate surface area is 123 Å². The van der Waals surface area contributed by atoms with Gasteiger partial charge in [-0.3, -0.25) is 0 Å². The van der Waals surface area contributed by atoms with Crippen molar-refractivity contribution >= 4 is 9.84 Å². The third-order valence-electron chi connectivity index (χ3n) is 3.58. The van der Waals surface area contributed by atoms with Gasteiger partial charge in [0.2, 0.25) is 0 Å². The van der Waals surface area contributed by atoms with E-state index >= 15 is 0 Å². The van der Waals surface area contributed by atoms with Crippen LogP contribution in [0.1, 0.15) is 43.0 Å². The van der Waals surface area contributed by atoms with Gasteiger partial charge in [-0.15, -0.1) is 0 Å². The molecule has 0 aliphatic carbocycles. The second-order valence-electron chi connectivity index (χ2n) is 6.00. The molecule has 114 valence electrons. The molecule has 0 aliphatic heterocycles. The molecule has 0 aliphatic rings. The molecule has 0 amide bonds. The minimum Gasteiger partial charge on any atom is -0.312 e. The zero-order valence-electron chi connectivity index (χ0n) is 13.2. The molecule has 1 aromatic rings. The van der Waals surface area contributed by atoms with E-state index in [-0.39, 0.29) is 17.5 Å². The van der Waals surface area contributed by atoms with Crippen molar-refractivity contribution in [3.63, 3.8) is 0 Å². The van der Waals surface area contributed by atoms with Crippen LogP contribution in [0.2, 0.25) is 0 Å². The quantitative estimate of drug-likeness (QED) is 0.841. The highest BCUT2D eigenvalue weighted by Gasteiger charge is 2.21. The van der Waals surface area contributed by atoms with E-state index in [4.69, 9.17) is 0 Å². The van der Waals surface area contributed by atoms with E-state index in [1.54, 1.807) is 0 Å². The molecule has 0 aromatic heterocycles. The maximum Gasteiger partial charge on any atom is 0.152 e. The maximum atomic E-state index is 12.2. The fourth-order valence-corrected chi connectivity index (χ4v) is 4.15. The van der Waals surface area contributed by atoms with Gasteiger partial charge < -0.3 is 5.32 Å². The van der Waals surface area contributed by atoms with Crippen molar-refractivity contribution in [1.29, 1.82) is 0 Å². The topological polar surface area (TPSA) is 46.2 Å². The van der Waals surface area contributed by atoms with Gasteiger partial charge in [0.25, 0.3) is 0 Å². The molecule has 4 heteroatoms. The number of aryl methyl sites for hydroxylation is 2. The van der Waals surface area contributed by atoms with Crippen LogP contribution in [0.15, 0.2) is 18.2 Å². The molecule has 0 fully saturated rings. The van der Waals surface area contributed by atoms with E-state index in [1.807, 2.05) is 33.0 Å². The number of hydrogen-bond donors (Lipinski definition) is 1. The van der Waals surface area contributed by atoms with Crippen molar-refractivity contribution in [3.05, 3.63) is 34.9 Å². The van der Waals surface area contributed by atoms with Gasteiger partial charge in [-0.25, -0.2) is 8.42 Å². The lowest BCUT2D eigenvalue weighted by Gasteiger charge is -2.19. The molecule has 1 atom stereocenters. The summed E-state index contributed by atoms with van der Waals surface area (Å²) in [5, 5.41) is 3.14. The van der Waals surface area contributed by atoms with E-state index < -0.39 is 9.84 Å². The van der Waals surface area contributed by atoms with Crippen LogP contribution in [0.3, 0.4) is 0 Å². The lowest BCUT2D eigenvalue weighted by molar-refractivity contribution is 0.557. The van der Waals surface area contributed by atoms with E-state index in [1.165, 1.54) is 5.56 Å². The third kappa shape index (κ3) is 5.25. The summed E-state index contributed by atoms with van der Waals surface area (Å²) in [5.41, 5.74) is 3.42. The van der Waals surface area contributed by atoms with Crippen molar-refractivity contribution in [3.8, 4) is 0 Å². The summed E-state index contributed by atoms with van der Waals surface area (Å²) in [4.78, 5) is 0. The monoisotopic (exact) mass is 297 g/mol. The van der Waals surface area contributed by atoms with Crippen LogP contribution in [0.25, 0.3) is 0 Å². The Morgan fingerprint density at radius 2 is 1.85 bits per heavy atom. The van der Waals surface area contributed by atoms with Crippen LogP contribution in [0, 0.1) is 19.8 Å². The molecule has 3 nitrogen and oxygen atoms in total. The second kappa shape index (κ2) is 7.23. The molecule has 1 N–H and O–H groups in total. The van der Waals surface area contributed by atoms with Crippen LogP contribution in [-0.2, 0) is 9.84 Å². The predicted molar refractivity (Wildman–Crippen MR) is 85.8 cm³/mol. The SMILES string of the molecule is CNC(CS(=O)(=O)CCC(C)C)c1ccc(C)cc1C. The fourth-order valence-electron chi connectivity index (χ4n) is 2.30.